The van der Waals surface area contributed by atoms with Crippen LogP contribution >= 0.6 is 0 Å². The van der Waals surface area contributed by atoms with Crippen LogP contribution in [-0.4, -0.2) is 63.6 Å². The molecule has 0 saturated carbocycles. The molecule has 0 aliphatic carbocycles. The summed E-state index contributed by atoms with van der Waals surface area (Å²) in [5, 5.41) is 2.84. The van der Waals surface area contributed by atoms with Gasteiger partial charge in [0.05, 0.1) is 4.90 Å². The van der Waals surface area contributed by atoms with Crippen LogP contribution in [-0.2, 0) is 19.6 Å². The lowest BCUT2D eigenvalue weighted by Gasteiger charge is -2.31. The van der Waals surface area contributed by atoms with Crippen molar-refractivity contribution in [3.63, 3.8) is 0 Å². The van der Waals surface area contributed by atoms with Gasteiger partial charge in [-0.1, -0.05) is 0 Å². The third-order valence-corrected chi connectivity index (χ3v) is 6.62. The van der Waals surface area contributed by atoms with Crippen molar-refractivity contribution in [2.45, 2.75) is 50.8 Å². The Hall–Kier alpha value is -1.48. The molecular weight excluding hydrogens is 354 g/mol. The number of morpholine rings is 1. The number of quaternary nitrogens is 1. The number of carbonyl (C=O) groups excluding carboxylic acids is 1. The molecular formula is C18H30N3O4S+. The summed E-state index contributed by atoms with van der Waals surface area (Å²) in [7, 11) is -1.96. The third-order valence-electron chi connectivity index (χ3n) is 4.57. The van der Waals surface area contributed by atoms with Gasteiger partial charge in [-0.3, -0.25) is 4.79 Å². The van der Waals surface area contributed by atoms with Gasteiger partial charge in [0, 0.05) is 18.8 Å². The summed E-state index contributed by atoms with van der Waals surface area (Å²) in [6.45, 7) is 9.65. The smallest absolute Gasteiger partial charge is 0.279 e. The average molecular weight is 385 g/mol. The van der Waals surface area contributed by atoms with Crippen LogP contribution in [0.5, 0.6) is 0 Å². The van der Waals surface area contributed by atoms with Crippen LogP contribution < -0.4 is 10.2 Å². The van der Waals surface area contributed by atoms with E-state index in [1.54, 1.807) is 19.2 Å². The van der Waals surface area contributed by atoms with Crippen molar-refractivity contribution in [1.29, 1.82) is 0 Å². The fourth-order valence-electron chi connectivity index (χ4n) is 3.12. The molecule has 0 radical (unpaired) electrons. The number of benzene rings is 1. The summed E-state index contributed by atoms with van der Waals surface area (Å²) in [4.78, 5) is 13.7. The SMILES string of the molecule is CC(C)N(C)S(=O)(=O)c1ccc(NC(=O)C[NH+]2C[C@@H](C)O[C@H](C)C2)cc1. The molecule has 1 aromatic carbocycles. The number of amides is 1. The molecule has 7 nitrogen and oxygen atoms in total. The number of nitrogens with zero attached hydrogens (tertiary/aromatic N) is 1. The van der Waals surface area contributed by atoms with Gasteiger partial charge in [-0.2, -0.15) is 4.31 Å². The molecule has 146 valence electrons. The highest BCUT2D eigenvalue weighted by molar-refractivity contribution is 7.89. The number of carbonyl (C=O) groups is 1. The lowest BCUT2D eigenvalue weighted by Crippen LogP contribution is -3.16. The second-order valence-electron chi connectivity index (χ2n) is 7.28. The highest BCUT2D eigenvalue weighted by Gasteiger charge is 2.27. The molecule has 1 amide bonds. The Labute approximate surface area is 156 Å². The Balaban J connectivity index is 1.97. The van der Waals surface area contributed by atoms with Crippen LogP contribution in [0.25, 0.3) is 0 Å². The summed E-state index contributed by atoms with van der Waals surface area (Å²) in [5.41, 5.74) is 0.593. The van der Waals surface area contributed by atoms with E-state index in [1.165, 1.54) is 21.3 Å². The largest absolute Gasteiger partial charge is 0.364 e. The number of sulfonamides is 1. The van der Waals surface area contributed by atoms with Crippen molar-refractivity contribution >= 4 is 21.6 Å². The normalized spacial score (nSPS) is 24.0. The summed E-state index contributed by atoms with van der Waals surface area (Å²) in [5.74, 6) is -0.0868. The molecule has 1 aliphatic heterocycles. The number of hydrogen-bond acceptors (Lipinski definition) is 4. The van der Waals surface area contributed by atoms with Crippen molar-refractivity contribution in [2.24, 2.45) is 0 Å². The van der Waals surface area contributed by atoms with Crippen molar-refractivity contribution in [2.75, 3.05) is 32.0 Å². The van der Waals surface area contributed by atoms with E-state index in [9.17, 15) is 13.2 Å². The highest BCUT2D eigenvalue weighted by Crippen LogP contribution is 2.18. The second-order valence-corrected chi connectivity index (χ2v) is 9.28. The lowest BCUT2D eigenvalue weighted by molar-refractivity contribution is -0.907. The monoisotopic (exact) mass is 384 g/mol. The molecule has 0 spiro atoms. The van der Waals surface area contributed by atoms with Gasteiger partial charge >= 0.3 is 0 Å². The number of nitrogens with one attached hydrogen (secondary N) is 2. The topological polar surface area (TPSA) is 80.2 Å². The molecule has 0 aromatic heterocycles. The van der Waals surface area contributed by atoms with Crippen molar-refractivity contribution in [3.05, 3.63) is 24.3 Å². The van der Waals surface area contributed by atoms with Crippen molar-refractivity contribution < 1.29 is 22.8 Å². The molecule has 0 unspecified atom stereocenters. The van der Waals surface area contributed by atoms with Gasteiger partial charge in [0.25, 0.3) is 5.91 Å². The van der Waals surface area contributed by atoms with E-state index in [2.05, 4.69) is 5.32 Å². The van der Waals surface area contributed by atoms with Gasteiger partial charge in [0.2, 0.25) is 10.0 Å². The van der Waals surface area contributed by atoms with E-state index in [0.29, 0.717) is 12.2 Å². The minimum atomic E-state index is -3.52. The average Bonchev–Trinajstić information content (AvgIpc) is 2.53. The molecule has 1 fully saturated rings. The maximum atomic E-state index is 12.5. The lowest BCUT2D eigenvalue weighted by atomic mass is 10.2. The summed E-state index contributed by atoms with van der Waals surface area (Å²) >= 11 is 0. The Morgan fingerprint density at radius 1 is 1.23 bits per heavy atom. The third kappa shape index (κ3) is 5.26. The van der Waals surface area contributed by atoms with Crippen LogP contribution in [0.4, 0.5) is 5.69 Å². The van der Waals surface area contributed by atoms with Crippen LogP contribution in [0.1, 0.15) is 27.7 Å². The van der Waals surface area contributed by atoms with Gasteiger partial charge in [-0.15, -0.1) is 0 Å². The molecule has 8 heteroatoms. The predicted molar refractivity (Wildman–Crippen MR) is 101 cm³/mol. The van der Waals surface area contributed by atoms with Gasteiger partial charge in [-0.25, -0.2) is 8.42 Å². The van der Waals surface area contributed by atoms with Crippen molar-refractivity contribution in [1.82, 2.24) is 4.31 Å². The number of rotatable bonds is 6. The van der Waals surface area contributed by atoms with E-state index >= 15 is 0 Å². The second kappa shape index (κ2) is 8.47. The van der Waals surface area contributed by atoms with Crippen LogP contribution in [0.3, 0.4) is 0 Å². The zero-order chi connectivity index (χ0) is 19.5. The quantitative estimate of drug-likeness (QED) is 0.742. The van der Waals surface area contributed by atoms with E-state index in [-0.39, 0.29) is 29.1 Å². The fraction of sp³-hybridized carbons (Fsp3) is 0.611. The number of ether oxygens (including phenoxy) is 1. The maximum absolute atomic E-state index is 12.5. The van der Waals surface area contributed by atoms with E-state index in [1.807, 2.05) is 27.7 Å². The Bertz CT molecular complexity index is 708. The van der Waals surface area contributed by atoms with Gasteiger partial charge in [0.1, 0.15) is 25.3 Å². The first-order chi connectivity index (χ1) is 12.1. The minimum absolute atomic E-state index is 0.0868. The van der Waals surface area contributed by atoms with Crippen molar-refractivity contribution in [3.8, 4) is 0 Å². The Kier molecular flexibility index (Phi) is 6.79. The van der Waals surface area contributed by atoms with E-state index < -0.39 is 10.0 Å². The number of anilines is 1. The fourth-order valence-corrected chi connectivity index (χ4v) is 4.49. The standard InChI is InChI=1S/C18H29N3O4S/c1-13(2)20(5)26(23,24)17-8-6-16(7-9-17)19-18(22)12-21-10-14(3)25-15(4)11-21/h6-9,13-15H,10-12H2,1-5H3,(H,19,22)/p+1/t14-,15-/m1/s1. The molecule has 1 aromatic rings. The van der Waals surface area contributed by atoms with Crippen LogP contribution in [0, 0.1) is 0 Å². The predicted octanol–water partition coefficient (Wildman–Crippen LogP) is 0.346. The highest BCUT2D eigenvalue weighted by atomic mass is 32.2. The molecule has 1 heterocycles. The Morgan fingerprint density at radius 3 is 2.27 bits per heavy atom. The maximum Gasteiger partial charge on any atom is 0.279 e. The first-order valence-corrected chi connectivity index (χ1v) is 10.4. The first kappa shape index (κ1) is 20.8. The molecule has 26 heavy (non-hydrogen) atoms. The summed E-state index contributed by atoms with van der Waals surface area (Å²) < 4.78 is 31.9. The van der Waals surface area contributed by atoms with E-state index in [0.717, 1.165) is 13.1 Å². The Morgan fingerprint density at radius 2 is 1.77 bits per heavy atom. The molecule has 1 aliphatic rings. The molecule has 0 bridgehead atoms. The number of hydrogen-bond donors (Lipinski definition) is 2. The zero-order valence-corrected chi connectivity index (χ0v) is 17.0. The zero-order valence-electron chi connectivity index (χ0n) is 16.2. The first-order valence-electron chi connectivity index (χ1n) is 8.96. The van der Waals surface area contributed by atoms with Gasteiger partial charge in [0.15, 0.2) is 6.54 Å². The van der Waals surface area contributed by atoms with E-state index in [4.69, 9.17) is 4.74 Å². The minimum Gasteiger partial charge on any atom is -0.364 e. The van der Waals surface area contributed by atoms with Gasteiger partial charge < -0.3 is 15.0 Å². The summed E-state index contributed by atoms with van der Waals surface area (Å²) in [6, 6.07) is 6.17. The van der Waals surface area contributed by atoms with Crippen LogP contribution in [0.15, 0.2) is 29.2 Å². The molecule has 2 atom stereocenters. The van der Waals surface area contributed by atoms with Gasteiger partial charge in [-0.05, 0) is 52.0 Å². The summed E-state index contributed by atoms with van der Waals surface area (Å²) in [6.07, 6.45) is 0.285. The molecule has 2 rings (SSSR count). The molecule has 2 N–H and O–H groups in total. The van der Waals surface area contributed by atoms with Crippen LogP contribution in [0.2, 0.25) is 0 Å². The molecule has 1 saturated heterocycles.